The number of anilines is 1. The Morgan fingerprint density at radius 2 is 1.77 bits per heavy atom. The van der Waals surface area contributed by atoms with E-state index < -0.39 is 0 Å². The second kappa shape index (κ2) is 9.35. The SMILES string of the molecule is CC(Oc1ccc(C(=O)NC2CCN(c3ncccn3)CC2)cn1)c1ccccc1. The summed E-state index contributed by atoms with van der Waals surface area (Å²) in [6.07, 6.45) is 6.65. The fourth-order valence-corrected chi connectivity index (χ4v) is 3.50. The first-order chi connectivity index (χ1) is 14.7. The first kappa shape index (κ1) is 19.8. The highest BCUT2D eigenvalue weighted by Crippen LogP contribution is 2.20. The van der Waals surface area contributed by atoms with Crippen LogP contribution in [0.2, 0.25) is 0 Å². The summed E-state index contributed by atoms with van der Waals surface area (Å²) in [4.78, 5) is 27.6. The summed E-state index contributed by atoms with van der Waals surface area (Å²) < 4.78 is 5.88. The molecule has 0 spiro atoms. The van der Waals surface area contributed by atoms with Crippen molar-refractivity contribution < 1.29 is 9.53 Å². The molecular weight excluding hydrogens is 378 g/mol. The summed E-state index contributed by atoms with van der Waals surface area (Å²) in [5.74, 6) is 1.13. The average molecular weight is 403 g/mol. The van der Waals surface area contributed by atoms with Crippen molar-refractivity contribution >= 4 is 11.9 Å². The van der Waals surface area contributed by atoms with Crippen LogP contribution >= 0.6 is 0 Å². The van der Waals surface area contributed by atoms with Crippen molar-refractivity contribution in [2.45, 2.75) is 31.9 Å². The normalized spacial score (nSPS) is 15.4. The predicted octanol–water partition coefficient (Wildman–Crippen LogP) is 3.41. The molecule has 1 fully saturated rings. The Hall–Kier alpha value is -3.48. The van der Waals surface area contributed by atoms with Gasteiger partial charge in [-0.3, -0.25) is 4.79 Å². The van der Waals surface area contributed by atoms with Gasteiger partial charge in [0.05, 0.1) is 5.56 Å². The quantitative estimate of drug-likeness (QED) is 0.679. The maximum Gasteiger partial charge on any atom is 0.253 e. The van der Waals surface area contributed by atoms with Crippen molar-refractivity contribution in [3.63, 3.8) is 0 Å². The van der Waals surface area contributed by atoms with E-state index in [1.165, 1.54) is 0 Å². The second-order valence-electron chi connectivity index (χ2n) is 7.34. The number of benzene rings is 1. The van der Waals surface area contributed by atoms with Crippen LogP contribution in [-0.4, -0.2) is 40.0 Å². The van der Waals surface area contributed by atoms with E-state index in [-0.39, 0.29) is 18.1 Å². The minimum atomic E-state index is -0.114. The van der Waals surface area contributed by atoms with Crippen LogP contribution in [0.15, 0.2) is 67.1 Å². The van der Waals surface area contributed by atoms with E-state index in [9.17, 15) is 4.79 Å². The Bertz CT molecular complexity index is 942. The largest absolute Gasteiger partial charge is 0.470 e. The minimum Gasteiger partial charge on any atom is -0.470 e. The lowest BCUT2D eigenvalue weighted by Crippen LogP contribution is -2.45. The number of piperidine rings is 1. The van der Waals surface area contributed by atoms with Gasteiger partial charge in [-0.05, 0) is 37.5 Å². The van der Waals surface area contributed by atoms with Crippen molar-refractivity contribution in [3.05, 3.63) is 78.2 Å². The monoisotopic (exact) mass is 403 g/mol. The van der Waals surface area contributed by atoms with Crippen LogP contribution in [0.5, 0.6) is 5.88 Å². The number of nitrogens with one attached hydrogen (secondary N) is 1. The van der Waals surface area contributed by atoms with Gasteiger partial charge in [-0.25, -0.2) is 15.0 Å². The lowest BCUT2D eigenvalue weighted by molar-refractivity contribution is 0.0930. The molecule has 1 aromatic carbocycles. The molecule has 7 heteroatoms. The second-order valence-corrected chi connectivity index (χ2v) is 7.34. The molecule has 1 atom stereocenters. The van der Waals surface area contributed by atoms with E-state index >= 15 is 0 Å². The number of ether oxygens (including phenoxy) is 1. The van der Waals surface area contributed by atoms with E-state index in [2.05, 4.69) is 25.2 Å². The number of amides is 1. The first-order valence-corrected chi connectivity index (χ1v) is 10.2. The standard InChI is InChI=1S/C23H25N5O2/c1-17(18-6-3-2-4-7-18)30-21-9-8-19(16-26-21)22(29)27-20-10-14-28(15-11-20)23-24-12-5-13-25-23/h2-9,12-13,16-17,20H,10-11,14-15H2,1H3,(H,27,29). The van der Waals surface area contributed by atoms with Crippen LogP contribution in [0.4, 0.5) is 5.95 Å². The van der Waals surface area contributed by atoms with Gasteiger partial charge in [0.25, 0.3) is 5.91 Å². The molecule has 0 bridgehead atoms. The maximum atomic E-state index is 12.6. The number of carbonyl (C=O) groups excluding carboxylic acids is 1. The van der Waals surface area contributed by atoms with E-state index in [4.69, 9.17) is 4.74 Å². The molecule has 30 heavy (non-hydrogen) atoms. The Balaban J connectivity index is 1.28. The van der Waals surface area contributed by atoms with Crippen LogP contribution < -0.4 is 15.0 Å². The molecule has 1 unspecified atom stereocenters. The molecule has 3 aromatic rings. The highest BCUT2D eigenvalue weighted by molar-refractivity contribution is 5.94. The predicted molar refractivity (Wildman–Crippen MR) is 114 cm³/mol. The summed E-state index contributed by atoms with van der Waals surface area (Å²) in [6.45, 7) is 3.61. The van der Waals surface area contributed by atoms with E-state index in [0.29, 0.717) is 11.4 Å². The molecule has 1 aliphatic heterocycles. The van der Waals surface area contributed by atoms with E-state index in [1.807, 2.05) is 43.3 Å². The molecule has 1 saturated heterocycles. The Morgan fingerprint density at radius 3 is 2.43 bits per heavy atom. The number of pyridine rings is 1. The molecule has 0 radical (unpaired) electrons. The summed E-state index contributed by atoms with van der Waals surface area (Å²) in [5.41, 5.74) is 1.61. The number of hydrogen-bond acceptors (Lipinski definition) is 6. The highest BCUT2D eigenvalue weighted by Gasteiger charge is 2.22. The molecule has 154 valence electrons. The third-order valence-corrected chi connectivity index (χ3v) is 5.23. The van der Waals surface area contributed by atoms with Gasteiger partial charge in [-0.1, -0.05) is 30.3 Å². The number of hydrogen-bond donors (Lipinski definition) is 1. The summed E-state index contributed by atoms with van der Waals surface area (Å²) in [7, 11) is 0. The Morgan fingerprint density at radius 1 is 1.03 bits per heavy atom. The average Bonchev–Trinajstić information content (AvgIpc) is 2.81. The summed E-state index contributed by atoms with van der Waals surface area (Å²) >= 11 is 0. The third-order valence-electron chi connectivity index (χ3n) is 5.23. The maximum absolute atomic E-state index is 12.6. The highest BCUT2D eigenvalue weighted by atomic mass is 16.5. The summed E-state index contributed by atoms with van der Waals surface area (Å²) in [5, 5.41) is 3.11. The zero-order chi connectivity index (χ0) is 20.8. The molecule has 0 saturated carbocycles. The zero-order valence-electron chi connectivity index (χ0n) is 16.9. The van der Waals surface area contributed by atoms with Crippen molar-refractivity contribution in [2.75, 3.05) is 18.0 Å². The molecule has 2 aromatic heterocycles. The molecule has 1 amide bonds. The molecule has 0 aliphatic carbocycles. The summed E-state index contributed by atoms with van der Waals surface area (Å²) in [6, 6.07) is 15.4. The molecule has 1 N–H and O–H groups in total. The van der Waals surface area contributed by atoms with Gasteiger partial charge in [0.1, 0.15) is 6.10 Å². The molecule has 7 nitrogen and oxygen atoms in total. The van der Waals surface area contributed by atoms with Crippen LogP contribution in [0.3, 0.4) is 0 Å². The Labute approximate surface area is 176 Å². The number of carbonyl (C=O) groups is 1. The smallest absolute Gasteiger partial charge is 0.253 e. The van der Waals surface area contributed by atoms with Gasteiger partial charge in [0, 0.05) is 43.8 Å². The van der Waals surface area contributed by atoms with Gasteiger partial charge in [0.2, 0.25) is 11.8 Å². The topological polar surface area (TPSA) is 80.2 Å². The van der Waals surface area contributed by atoms with Crippen LogP contribution in [0, 0.1) is 0 Å². The molecule has 3 heterocycles. The van der Waals surface area contributed by atoms with E-state index in [0.717, 1.165) is 37.4 Å². The zero-order valence-corrected chi connectivity index (χ0v) is 16.9. The fourth-order valence-electron chi connectivity index (χ4n) is 3.50. The van der Waals surface area contributed by atoms with Crippen molar-refractivity contribution in [1.82, 2.24) is 20.3 Å². The van der Waals surface area contributed by atoms with Gasteiger partial charge < -0.3 is 15.0 Å². The number of rotatable bonds is 6. The van der Waals surface area contributed by atoms with Crippen LogP contribution in [0.25, 0.3) is 0 Å². The lowest BCUT2D eigenvalue weighted by Gasteiger charge is -2.32. The minimum absolute atomic E-state index is 0.112. The van der Waals surface area contributed by atoms with Crippen LogP contribution in [0.1, 0.15) is 41.8 Å². The lowest BCUT2D eigenvalue weighted by atomic mass is 10.0. The van der Waals surface area contributed by atoms with Crippen molar-refractivity contribution in [3.8, 4) is 5.88 Å². The van der Waals surface area contributed by atoms with Gasteiger partial charge in [-0.15, -0.1) is 0 Å². The van der Waals surface area contributed by atoms with Crippen LogP contribution in [-0.2, 0) is 0 Å². The van der Waals surface area contributed by atoms with Crippen molar-refractivity contribution in [1.29, 1.82) is 0 Å². The third kappa shape index (κ3) is 4.92. The fraction of sp³-hybridized carbons (Fsp3) is 0.304. The van der Waals surface area contributed by atoms with Crippen molar-refractivity contribution in [2.24, 2.45) is 0 Å². The van der Waals surface area contributed by atoms with Gasteiger partial charge in [-0.2, -0.15) is 0 Å². The number of nitrogens with zero attached hydrogens (tertiary/aromatic N) is 4. The first-order valence-electron chi connectivity index (χ1n) is 10.2. The van der Waals surface area contributed by atoms with Gasteiger partial charge >= 0.3 is 0 Å². The number of aromatic nitrogens is 3. The molecule has 4 rings (SSSR count). The van der Waals surface area contributed by atoms with E-state index in [1.54, 1.807) is 30.7 Å². The molecular formula is C23H25N5O2. The Kier molecular flexibility index (Phi) is 6.17. The molecule has 1 aliphatic rings. The van der Waals surface area contributed by atoms with Gasteiger partial charge in [0.15, 0.2) is 0 Å².